The molecule has 0 saturated carbocycles. The van der Waals surface area contributed by atoms with E-state index in [2.05, 4.69) is 24.8 Å². The van der Waals surface area contributed by atoms with Gasteiger partial charge in [-0.1, -0.05) is 0 Å². The van der Waals surface area contributed by atoms with Crippen LogP contribution in [0.5, 0.6) is 5.75 Å². The predicted molar refractivity (Wildman–Crippen MR) is 125 cm³/mol. The van der Waals surface area contributed by atoms with Gasteiger partial charge < -0.3 is 10.1 Å². The number of rotatable bonds is 7. The number of nitrogens with one attached hydrogen (secondary N) is 1. The van der Waals surface area contributed by atoms with Gasteiger partial charge in [-0.3, -0.25) is 9.48 Å². The quantitative estimate of drug-likeness (QED) is 0.402. The fourth-order valence-electron chi connectivity index (χ4n) is 3.62. The van der Waals surface area contributed by atoms with Crippen molar-refractivity contribution >= 4 is 31.4 Å². The lowest BCUT2D eigenvalue weighted by Gasteiger charge is -2.27. The van der Waals surface area contributed by atoms with Crippen molar-refractivity contribution in [1.29, 1.82) is 0 Å². The van der Waals surface area contributed by atoms with Crippen LogP contribution < -0.4 is 15.4 Å². The molecule has 4 aromatic rings. The van der Waals surface area contributed by atoms with E-state index in [0.29, 0.717) is 23.5 Å². The molecule has 2 aromatic carbocycles. The van der Waals surface area contributed by atoms with Crippen LogP contribution in [-0.4, -0.2) is 37.4 Å². The maximum atomic E-state index is 14.1. The fraction of sp³-hybridized carbons (Fsp3) is 0.261. The summed E-state index contributed by atoms with van der Waals surface area (Å²) < 4.78 is 50.6. The molecular formula is C23H23F3N5O2P. The van der Waals surface area contributed by atoms with E-state index >= 15 is 0 Å². The van der Waals surface area contributed by atoms with Gasteiger partial charge in [-0.25, -0.2) is 9.07 Å². The summed E-state index contributed by atoms with van der Waals surface area (Å²) in [6, 6.07) is 8.58. The van der Waals surface area contributed by atoms with E-state index in [1.54, 1.807) is 46.0 Å². The first-order chi connectivity index (χ1) is 16.0. The first-order valence-electron chi connectivity index (χ1n) is 10.4. The summed E-state index contributed by atoms with van der Waals surface area (Å²) in [7, 11) is 4.20. The molecule has 0 bridgehead atoms. The molecule has 2 aromatic heterocycles. The number of aromatic nitrogens is 4. The van der Waals surface area contributed by atoms with Gasteiger partial charge in [0.2, 0.25) is 0 Å². The van der Waals surface area contributed by atoms with Crippen molar-refractivity contribution in [3.05, 3.63) is 66.4 Å². The van der Waals surface area contributed by atoms with Gasteiger partial charge in [-0.15, -0.1) is 9.24 Å². The summed E-state index contributed by atoms with van der Waals surface area (Å²) in [5.74, 6) is -5.11. The molecule has 0 aliphatic rings. The SMILES string of the molecule is C[C@H](NC(=O)C(C)(F)F)[C@H](Oc1ccc2c(cnn2-c2cnn(C)c2)c1)c1cc(F)cc(P)c1. The molecule has 1 N–H and O–H groups in total. The lowest BCUT2D eigenvalue weighted by molar-refractivity contribution is -0.144. The Morgan fingerprint density at radius 2 is 1.94 bits per heavy atom. The molecule has 0 saturated heterocycles. The highest BCUT2D eigenvalue weighted by Crippen LogP contribution is 2.29. The van der Waals surface area contributed by atoms with Crippen LogP contribution in [0.25, 0.3) is 16.6 Å². The van der Waals surface area contributed by atoms with Crippen LogP contribution in [-0.2, 0) is 11.8 Å². The first kappa shape index (κ1) is 23.8. The zero-order valence-corrected chi connectivity index (χ0v) is 19.8. The van der Waals surface area contributed by atoms with E-state index in [4.69, 9.17) is 4.74 Å². The third-order valence-electron chi connectivity index (χ3n) is 5.22. The smallest absolute Gasteiger partial charge is 0.321 e. The molecule has 7 nitrogen and oxygen atoms in total. The molecule has 0 spiro atoms. The van der Waals surface area contributed by atoms with Gasteiger partial charge in [0.15, 0.2) is 0 Å². The van der Waals surface area contributed by atoms with Crippen LogP contribution >= 0.6 is 9.24 Å². The monoisotopic (exact) mass is 489 g/mol. The van der Waals surface area contributed by atoms with E-state index in [1.165, 1.54) is 19.1 Å². The average molecular weight is 489 g/mol. The minimum Gasteiger partial charge on any atom is -0.484 e. The minimum atomic E-state index is -3.56. The molecule has 0 aliphatic heterocycles. The molecule has 0 fully saturated rings. The summed E-state index contributed by atoms with van der Waals surface area (Å²) in [4.78, 5) is 11.9. The van der Waals surface area contributed by atoms with Crippen LogP contribution in [0.4, 0.5) is 13.2 Å². The standard InChI is InChI=1S/C23H23F3N5O2P/c1-13(29-22(32)23(2,25)26)21(14-6-16(24)9-19(34)8-14)33-18-4-5-20-15(7-18)10-28-31(20)17-11-27-30(3)12-17/h4-13,21H,34H2,1-3H3,(H,29,32)/t13-,21-/m0/s1. The summed E-state index contributed by atoms with van der Waals surface area (Å²) >= 11 is 0. The number of alkyl halides is 2. The summed E-state index contributed by atoms with van der Waals surface area (Å²) in [5.41, 5.74) is 1.99. The maximum Gasteiger partial charge on any atom is 0.321 e. The Hall–Kier alpha value is -3.39. The number of carbonyl (C=O) groups excluding carboxylic acids is 1. The highest BCUT2D eigenvalue weighted by molar-refractivity contribution is 7.27. The Morgan fingerprint density at radius 1 is 1.18 bits per heavy atom. The molecule has 0 aliphatic carbocycles. The third-order valence-corrected chi connectivity index (χ3v) is 5.55. The maximum absolute atomic E-state index is 14.1. The number of ether oxygens (including phenoxy) is 1. The van der Waals surface area contributed by atoms with Crippen LogP contribution in [0.3, 0.4) is 0 Å². The van der Waals surface area contributed by atoms with Gasteiger partial charge in [0.25, 0.3) is 5.91 Å². The number of amides is 1. The second-order valence-electron chi connectivity index (χ2n) is 8.16. The van der Waals surface area contributed by atoms with E-state index in [9.17, 15) is 18.0 Å². The summed E-state index contributed by atoms with van der Waals surface area (Å²) in [6.45, 7) is 2.04. The first-order valence-corrected chi connectivity index (χ1v) is 11.0. The van der Waals surface area contributed by atoms with E-state index in [1.807, 2.05) is 13.2 Å². The largest absolute Gasteiger partial charge is 0.484 e. The fourth-order valence-corrected chi connectivity index (χ4v) is 3.97. The highest BCUT2D eigenvalue weighted by Gasteiger charge is 2.35. The molecule has 178 valence electrons. The van der Waals surface area contributed by atoms with Gasteiger partial charge in [0.05, 0.1) is 30.1 Å². The van der Waals surface area contributed by atoms with Crippen molar-refractivity contribution in [3.8, 4) is 11.4 Å². The Morgan fingerprint density at radius 3 is 2.59 bits per heavy atom. The molecular weight excluding hydrogens is 466 g/mol. The van der Waals surface area contributed by atoms with Gasteiger partial charge in [0.1, 0.15) is 23.4 Å². The second kappa shape index (κ2) is 9.10. The number of halogens is 3. The van der Waals surface area contributed by atoms with Crippen molar-refractivity contribution in [1.82, 2.24) is 24.9 Å². The van der Waals surface area contributed by atoms with Gasteiger partial charge >= 0.3 is 5.92 Å². The molecule has 3 atom stereocenters. The van der Waals surface area contributed by atoms with Crippen molar-refractivity contribution in [2.45, 2.75) is 31.9 Å². The Bertz CT molecular complexity index is 1330. The molecule has 0 radical (unpaired) electrons. The zero-order valence-electron chi connectivity index (χ0n) is 18.7. The second-order valence-corrected chi connectivity index (χ2v) is 8.82. The van der Waals surface area contributed by atoms with E-state index in [-0.39, 0.29) is 0 Å². The number of hydrogen-bond acceptors (Lipinski definition) is 4. The Kier molecular flexibility index (Phi) is 6.36. The lowest BCUT2D eigenvalue weighted by atomic mass is 10.0. The molecule has 11 heteroatoms. The van der Waals surface area contributed by atoms with Crippen LogP contribution in [0, 0.1) is 5.82 Å². The molecule has 1 unspecified atom stereocenters. The van der Waals surface area contributed by atoms with E-state index < -0.39 is 29.8 Å². The normalized spacial score (nSPS) is 13.6. The number of hydrogen-bond donors (Lipinski definition) is 1. The van der Waals surface area contributed by atoms with Gasteiger partial charge in [-0.05, 0) is 54.2 Å². The number of carbonyl (C=O) groups is 1. The van der Waals surface area contributed by atoms with E-state index in [0.717, 1.165) is 16.6 Å². The van der Waals surface area contributed by atoms with Crippen molar-refractivity contribution in [2.24, 2.45) is 7.05 Å². The molecule has 2 heterocycles. The summed E-state index contributed by atoms with van der Waals surface area (Å²) in [5, 5.41) is 12.1. The lowest BCUT2D eigenvalue weighted by Crippen LogP contribution is -2.46. The highest BCUT2D eigenvalue weighted by atomic mass is 31.0. The summed E-state index contributed by atoms with van der Waals surface area (Å²) in [6.07, 6.45) is 4.23. The molecule has 34 heavy (non-hydrogen) atoms. The number of benzene rings is 2. The van der Waals surface area contributed by atoms with Crippen molar-refractivity contribution in [3.63, 3.8) is 0 Å². The zero-order chi connectivity index (χ0) is 24.6. The predicted octanol–water partition coefficient (Wildman–Crippen LogP) is 3.68. The Labute approximate surface area is 196 Å². The molecule has 4 rings (SSSR count). The minimum absolute atomic E-state index is 0.392. The molecule has 1 amide bonds. The van der Waals surface area contributed by atoms with Crippen molar-refractivity contribution < 1.29 is 22.7 Å². The number of fused-ring (bicyclic) bond motifs is 1. The van der Waals surface area contributed by atoms with Crippen LogP contribution in [0.1, 0.15) is 25.5 Å². The number of aryl methyl sites for hydroxylation is 1. The van der Waals surface area contributed by atoms with Crippen molar-refractivity contribution in [2.75, 3.05) is 0 Å². The topological polar surface area (TPSA) is 74.0 Å². The third kappa shape index (κ3) is 5.07. The average Bonchev–Trinajstić information content (AvgIpc) is 3.35. The van der Waals surface area contributed by atoms with Crippen LogP contribution in [0.2, 0.25) is 0 Å². The Balaban J connectivity index is 1.67. The number of nitrogens with zero attached hydrogens (tertiary/aromatic N) is 4. The van der Waals surface area contributed by atoms with Gasteiger partial charge in [0, 0.05) is 19.4 Å². The van der Waals surface area contributed by atoms with Gasteiger partial charge in [-0.2, -0.15) is 19.0 Å². The van der Waals surface area contributed by atoms with Crippen LogP contribution in [0.15, 0.2) is 55.0 Å².